The number of rotatable bonds is 5. The van der Waals surface area contributed by atoms with Gasteiger partial charge in [-0.1, -0.05) is 12.1 Å². The van der Waals surface area contributed by atoms with E-state index in [0.29, 0.717) is 11.3 Å². The van der Waals surface area contributed by atoms with Crippen LogP contribution in [-0.4, -0.2) is 23.2 Å². The van der Waals surface area contributed by atoms with Crippen LogP contribution >= 0.6 is 11.3 Å². The number of aromatic nitrogens is 1. The zero-order valence-corrected chi connectivity index (χ0v) is 12.5. The third kappa shape index (κ3) is 4.04. The first-order chi connectivity index (χ1) is 10.6. The Morgan fingerprint density at radius 3 is 2.91 bits per heavy atom. The normalized spacial score (nSPS) is 10.9. The zero-order valence-electron chi connectivity index (χ0n) is 11.7. The van der Waals surface area contributed by atoms with Gasteiger partial charge in [-0.2, -0.15) is 5.26 Å². The molecule has 0 spiro atoms. The molecule has 1 aromatic heterocycles. The van der Waals surface area contributed by atoms with Gasteiger partial charge in [0, 0.05) is 17.2 Å². The molecule has 0 atom stereocenters. The number of aliphatic carboxylic acids is 1. The molecule has 2 rings (SSSR count). The molecule has 6 heteroatoms. The molecule has 0 fully saturated rings. The van der Waals surface area contributed by atoms with E-state index in [4.69, 9.17) is 15.1 Å². The molecule has 0 saturated heterocycles. The highest BCUT2D eigenvalue weighted by molar-refractivity contribution is 7.13. The Balaban J connectivity index is 2.15. The van der Waals surface area contributed by atoms with Crippen molar-refractivity contribution in [2.45, 2.75) is 0 Å². The molecule has 0 aliphatic rings. The first-order valence-electron chi connectivity index (χ1n) is 6.25. The van der Waals surface area contributed by atoms with E-state index in [0.717, 1.165) is 21.5 Å². The summed E-state index contributed by atoms with van der Waals surface area (Å²) in [6, 6.07) is 7.39. The summed E-state index contributed by atoms with van der Waals surface area (Å²) in [7, 11) is 1.52. The van der Waals surface area contributed by atoms with Crippen molar-refractivity contribution in [3.8, 4) is 11.8 Å². The van der Waals surface area contributed by atoms with E-state index < -0.39 is 5.97 Å². The largest absolute Gasteiger partial charge is 0.495 e. The molecule has 0 aliphatic carbocycles. The summed E-state index contributed by atoms with van der Waals surface area (Å²) in [6.45, 7) is 0. The van der Waals surface area contributed by atoms with E-state index in [-0.39, 0.29) is 0 Å². The van der Waals surface area contributed by atoms with Crippen LogP contribution in [-0.2, 0) is 4.79 Å². The minimum atomic E-state index is -0.993. The quantitative estimate of drug-likeness (QED) is 0.856. The third-order valence-electron chi connectivity index (χ3n) is 2.69. The van der Waals surface area contributed by atoms with E-state index >= 15 is 0 Å². The van der Waals surface area contributed by atoms with Crippen molar-refractivity contribution in [3.05, 3.63) is 51.5 Å². The summed E-state index contributed by atoms with van der Waals surface area (Å²) in [5, 5.41) is 18.4. The van der Waals surface area contributed by atoms with Crippen LogP contribution in [0.1, 0.15) is 21.0 Å². The molecular formula is C16H12N2O3S. The van der Waals surface area contributed by atoms with Gasteiger partial charge in [-0.05, 0) is 29.8 Å². The number of hydrogen-bond donors (Lipinski definition) is 1. The van der Waals surface area contributed by atoms with Crippen molar-refractivity contribution in [2.24, 2.45) is 0 Å². The topological polar surface area (TPSA) is 83.2 Å². The molecule has 110 valence electrons. The lowest BCUT2D eigenvalue weighted by Gasteiger charge is -2.02. The van der Waals surface area contributed by atoms with Gasteiger partial charge in [0.05, 0.1) is 12.7 Å². The number of nitrogens with zero attached hydrogens (tertiary/aromatic N) is 2. The van der Waals surface area contributed by atoms with Crippen molar-refractivity contribution in [1.82, 2.24) is 4.98 Å². The fourth-order valence-electron chi connectivity index (χ4n) is 1.69. The van der Waals surface area contributed by atoms with Gasteiger partial charge in [0.25, 0.3) is 0 Å². The number of nitriles is 1. The molecule has 0 aliphatic heterocycles. The summed E-state index contributed by atoms with van der Waals surface area (Å²) in [5.41, 5.74) is 1.32. The van der Waals surface area contributed by atoms with Crippen molar-refractivity contribution in [3.63, 3.8) is 0 Å². The average Bonchev–Trinajstić information content (AvgIpc) is 2.98. The predicted octanol–water partition coefficient (Wildman–Crippen LogP) is 3.29. The van der Waals surface area contributed by atoms with E-state index in [1.165, 1.54) is 24.5 Å². The fourth-order valence-corrected chi connectivity index (χ4v) is 2.42. The number of hydrogen-bond acceptors (Lipinski definition) is 5. The highest BCUT2D eigenvalue weighted by atomic mass is 32.1. The Morgan fingerprint density at radius 2 is 2.23 bits per heavy atom. The highest BCUT2D eigenvalue weighted by Gasteiger charge is 2.02. The number of carbonyl (C=O) groups is 1. The van der Waals surface area contributed by atoms with E-state index in [9.17, 15) is 4.79 Å². The van der Waals surface area contributed by atoms with Gasteiger partial charge < -0.3 is 9.84 Å². The maximum absolute atomic E-state index is 10.4. The number of methoxy groups -OCH3 is 1. The van der Waals surface area contributed by atoms with Gasteiger partial charge in [0.1, 0.15) is 16.8 Å². The van der Waals surface area contributed by atoms with Crippen LogP contribution < -0.4 is 4.74 Å². The second-order valence-corrected chi connectivity index (χ2v) is 5.27. The number of benzene rings is 1. The zero-order chi connectivity index (χ0) is 15.9. The molecule has 5 nitrogen and oxygen atoms in total. The van der Waals surface area contributed by atoms with Crippen molar-refractivity contribution in [1.29, 1.82) is 5.26 Å². The molecule has 22 heavy (non-hydrogen) atoms. The van der Waals surface area contributed by atoms with E-state index in [1.807, 2.05) is 18.2 Å². The van der Waals surface area contributed by atoms with Gasteiger partial charge in [-0.25, -0.2) is 9.78 Å². The summed E-state index contributed by atoms with van der Waals surface area (Å²) in [5.74, 6) is -0.456. The van der Waals surface area contributed by atoms with Gasteiger partial charge >= 0.3 is 5.97 Å². The number of carboxylic acid groups (broad SMARTS) is 1. The van der Waals surface area contributed by atoms with Gasteiger partial charge in [-0.15, -0.1) is 11.3 Å². The van der Waals surface area contributed by atoms with Crippen LogP contribution in [0.2, 0.25) is 0 Å². The molecule has 0 bridgehead atoms. The molecule has 0 amide bonds. The first-order valence-corrected chi connectivity index (χ1v) is 7.07. The lowest BCUT2D eigenvalue weighted by atomic mass is 10.1. The minimum Gasteiger partial charge on any atom is -0.495 e. The minimum absolute atomic E-state index is 0.467. The number of ether oxygens (including phenoxy) is 1. The van der Waals surface area contributed by atoms with Crippen LogP contribution in [0, 0.1) is 11.3 Å². The van der Waals surface area contributed by atoms with Gasteiger partial charge in [0.15, 0.2) is 0 Å². The second-order valence-electron chi connectivity index (χ2n) is 4.18. The first kappa shape index (κ1) is 15.5. The van der Waals surface area contributed by atoms with Crippen LogP contribution in [0.25, 0.3) is 18.2 Å². The lowest BCUT2D eigenvalue weighted by molar-refractivity contribution is -0.131. The molecule has 0 saturated carbocycles. The summed E-state index contributed by atoms with van der Waals surface area (Å²) < 4.78 is 5.09. The fraction of sp³-hybridized carbons (Fsp3) is 0.0625. The molecule has 2 aromatic rings. The standard InChI is InChI=1S/C16H12N2O3S/c1-21-14-5-2-11(8-12(14)9-17)3-6-15-18-10-13(22-15)4-7-16(19)20/h2-8,10H,1H3,(H,19,20). The summed E-state index contributed by atoms with van der Waals surface area (Å²) in [4.78, 5) is 15.4. The van der Waals surface area contributed by atoms with Crippen LogP contribution in [0.3, 0.4) is 0 Å². The van der Waals surface area contributed by atoms with Gasteiger partial charge in [0.2, 0.25) is 0 Å². The van der Waals surface area contributed by atoms with E-state index in [2.05, 4.69) is 11.1 Å². The van der Waals surface area contributed by atoms with E-state index in [1.54, 1.807) is 18.3 Å². The molecular weight excluding hydrogens is 300 g/mol. The Labute approximate surface area is 131 Å². The number of thiazole rings is 1. The van der Waals surface area contributed by atoms with Crippen molar-refractivity contribution >= 4 is 35.5 Å². The Kier molecular flexibility index (Phi) is 5.07. The smallest absolute Gasteiger partial charge is 0.328 e. The van der Waals surface area contributed by atoms with Gasteiger partial charge in [-0.3, -0.25) is 0 Å². The Bertz CT molecular complexity index is 785. The Morgan fingerprint density at radius 1 is 1.41 bits per heavy atom. The second kappa shape index (κ2) is 7.20. The summed E-state index contributed by atoms with van der Waals surface area (Å²) in [6.07, 6.45) is 7.83. The lowest BCUT2D eigenvalue weighted by Crippen LogP contribution is -1.87. The molecule has 0 unspecified atom stereocenters. The maximum Gasteiger partial charge on any atom is 0.328 e. The van der Waals surface area contributed by atoms with Crippen molar-refractivity contribution in [2.75, 3.05) is 7.11 Å². The highest BCUT2D eigenvalue weighted by Crippen LogP contribution is 2.21. The molecule has 1 N–H and O–H groups in total. The maximum atomic E-state index is 10.4. The third-order valence-corrected chi connectivity index (χ3v) is 3.62. The average molecular weight is 312 g/mol. The van der Waals surface area contributed by atoms with Crippen LogP contribution in [0.4, 0.5) is 0 Å². The van der Waals surface area contributed by atoms with Crippen LogP contribution in [0.5, 0.6) is 5.75 Å². The van der Waals surface area contributed by atoms with Crippen molar-refractivity contribution < 1.29 is 14.6 Å². The molecule has 1 aromatic carbocycles. The SMILES string of the molecule is COc1ccc(C=Cc2ncc(C=CC(=O)O)s2)cc1C#N. The Hall–Kier alpha value is -2.91. The number of carboxylic acids is 1. The molecule has 0 radical (unpaired) electrons. The predicted molar refractivity (Wildman–Crippen MR) is 85.4 cm³/mol. The van der Waals surface area contributed by atoms with Crippen LogP contribution in [0.15, 0.2) is 30.5 Å². The summed E-state index contributed by atoms with van der Waals surface area (Å²) >= 11 is 1.37. The monoisotopic (exact) mass is 312 g/mol. The molecule has 1 heterocycles.